The van der Waals surface area contributed by atoms with Gasteiger partial charge in [-0.3, -0.25) is 4.79 Å². The van der Waals surface area contributed by atoms with Gasteiger partial charge in [0, 0.05) is 20.0 Å². The fraction of sp³-hybridized carbons (Fsp3) is 0.800. The highest BCUT2D eigenvalue weighted by atomic mass is 32.2. The lowest BCUT2D eigenvalue weighted by atomic mass is 10.2. The van der Waals surface area contributed by atoms with Gasteiger partial charge in [-0.25, -0.2) is 4.79 Å². The fourth-order valence-corrected chi connectivity index (χ4v) is 1.83. The van der Waals surface area contributed by atoms with Crippen LogP contribution in [-0.4, -0.2) is 35.1 Å². The van der Waals surface area contributed by atoms with E-state index in [1.54, 1.807) is 4.90 Å². The number of carbonyl (C=O) groups excluding carboxylic acids is 2. The van der Waals surface area contributed by atoms with Crippen LogP contribution in [0.3, 0.4) is 0 Å². The second-order valence-electron chi connectivity index (χ2n) is 3.57. The maximum absolute atomic E-state index is 11.5. The zero-order chi connectivity index (χ0) is 11.1. The summed E-state index contributed by atoms with van der Waals surface area (Å²) in [5.74, 6) is 0.130. The highest BCUT2D eigenvalue weighted by molar-refractivity contribution is 8.13. The molecule has 4 nitrogen and oxygen atoms in total. The number of carbonyl (C=O) groups is 2. The Morgan fingerprint density at radius 3 is 2.33 bits per heavy atom. The third kappa shape index (κ3) is 5.06. The van der Waals surface area contributed by atoms with Crippen molar-refractivity contribution in [3.05, 3.63) is 0 Å². The first-order valence-electron chi connectivity index (χ1n) is 5.25. The molecule has 1 fully saturated rings. The van der Waals surface area contributed by atoms with Crippen molar-refractivity contribution in [2.24, 2.45) is 0 Å². The third-order valence-corrected chi connectivity index (χ3v) is 2.95. The molecule has 0 aromatic carbocycles. The summed E-state index contributed by atoms with van der Waals surface area (Å²) in [5, 5.41) is -0.0290. The van der Waals surface area contributed by atoms with Crippen molar-refractivity contribution in [1.82, 2.24) is 4.90 Å². The molecule has 5 heteroatoms. The van der Waals surface area contributed by atoms with Crippen molar-refractivity contribution in [2.75, 3.05) is 19.0 Å². The van der Waals surface area contributed by atoms with Gasteiger partial charge in [0.05, 0.1) is 0 Å². The third-order valence-electron chi connectivity index (χ3n) is 2.31. The summed E-state index contributed by atoms with van der Waals surface area (Å²) >= 11 is 1.02. The van der Waals surface area contributed by atoms with Crippen LogP contribution in [0.15, 0.2) is 0 Å². The van der Waals surface area contributed by atoms with Gasteiger partial charge in [-0.1, -0.05) is 12.8 Å². The lowest BCUT2D eigenvalue weighted by Crippen LogP contribution is -2.32. The molecule has 0 atom stereocenters. The van der Waals surface area contributed by atoms with E-state index in [0.717, 1.165) is 37.7 Å². The quantitative estimate of drug-likeness (QED) is 0.684. The Bertz CT molecular complexity index is 225. The first kappa shape index (κ1) is 12.4. The number of hydrogen-bond acceptors (Lipinski definition) is 4. The molecule has 86 valence electrons. The van der Waals surface area contributed by atoms with Gasteiger partial charge >= 0.3 is 6.09 Å². The zero-order valence-electron chi connectivity index (χ0n) is 9.03. The fourth-order valence-electron chi connectivity index (χ4n) is 1.51. The van der Waals surface area contributed by atoms with Crippen LogP contribution >= 0.6 is 11.8 Å². The van der Waals surface area contributed by atoms with Crippen molar-refractivity contribution in [3.8, 4) is 0 Å². The van der Waals surface area contributed by atoms with Gasteiger partial charge in [-0.2, -0.15) is 0 Å². The maximum atomic E-state index is 11.5. The van der Waals surface area contributed by atoms with Crippen LogP contribution in [0.5, 0.6) is 0 Å². The Labute approximate surface area is 94.3 Å². The lowest BCUT2D eigenvalue weighted by Gasteiger charge is -2.19. The van der Waals surface area contributed by atoms with E-state index in [9.17, 15) is 9.59 Å². The summed E-state index contributed by atoms with van der Waals surface area (Å²) in [6.45, 7) is 3.03. The summed E-state index contributed by atoms with van der Waals surface area (Å²) in [7, 11) is 0. The van der Waals surface area contributed by atoms with Crippen LogP contribution < -0.4 is 0 Å². The van der Waals surface area contributed by atoms with E-state index in [-0.39, 0.29) is 17.1 Å². The molecule has 0 aromatic rings. The Hall–Kier alpha value is -0.710. The van der Waals surface area contributed by atoms with Crippen molar-refractivity contribution >= 4 is 23.0 Å². The smallest absolute Gasteiger partial charge is 0.410 e. The van der Waals surface area contributed by atoms with Gasteiger partial charge in [-0.05, 0) is 24.6 Å². The van der Waals surface area contributed by atoms with E-state index in [1.165, 1.54) is 19.8 Å². The van der Waals surface area contributed by atoms with Crippen LogP contribution in [0, 0.1) is 0 Å². The molecule has 1 rings (SSSR count). The SMILES string of the molecule is CC(=O)SCOC(=O)N1CCCCCC1. The van der Waals surface area contributed by atoms with Crippen molar-refractivity contribution in [2.45, 2.75) is 32.6 Å². The average Bonchev–Trinajstić information content (AvgIpc) is 2.44. The first-order valence-corrected chi connectivity index (χ1v) is 6.24. The molecule has 1 amide bonds. The second-order valence-corrected chi connectivity index (χ2v) is 4.66. The van der Waals surface area contributed by atoms with Gasteiger partial charge in [0.15, 0.2) is 5.12 Å². The van der Waals surface area contributed by atoms with E-state index in [0.29, 0.717) is 0 Å². The molecule has 0 spiro atoms. The van der Waals surface area contributed by atoms with Crippen molar-refractivity contribution in [1.29, 1.82) is 0 Å². The molecule has 0 unspecified atom stereocenters. The lowest BCUT2D eigenvalue weighted by molar-refractivity contribution is -0.109. The molecule has 1 aliphatic heterocycles. The van der Waals surface area contributed by atoms with Crippen LogP contribution in [-0.2, 0) is 9.53 Å². The monoisotopic (exact) mass is 231 g/mol. The summed E-state index contributed by atoms with van der Waals surface area (Å²) in [4.78, 5) is 23.9. The Kier molecular flexibility index (Phi) is 5.53. The summed E-state index contributed by atoms with van der Waals surface area (Å²) in [5.41, 5.74) is 0. The number of nitrogens with zero attached hydrogens (tertiary/aromatic N) is 1. The number of hydrogen-bond donors (Lipinski definition) is 0. The van der Waals surface area contributed by atoms with Crippen molar-refractivity contribution in [3.63, 3.8) is 0 Å². The van der Waals surface area contributed by atoms with Crippen LogP contribution in [0.4, 0.5) is 4.79 Å². The average molecular weight is 231 g/mol. The minimum atomic E-state index is -0.286. The molecule has 0 aliphatic carbocycles. The zero-order valence-corrected chi connectivity index (χ0v) is 9.85. The molecular formula is C10H17NO3S. The van der Waals surface area contributed by atoms with Gasteiger partial charge in [0.25, 0.3) is 0 Å². The highest BCUT2D eigenvalue weighted by Gasteiger charge is 2.16. The summed E-state index contributed by atoms with van der Waals surface area (Å²) in [6.07, 6.45) is 4.19. The van der Waals surface area contributed by atoms with Crippen LogP contribution in [0.1, 0.15) is 32.6 Å². The summed E-state index contributed by atoms with van der Waals surface area (Å²) in [6, 6.07) is 0. The Morgan fingerprint density at radius 2 is 1.80 bits per heavy atom. The molecule has 1 heterocycles. The molecular weight excluding hydrogens is 214 g/mol. The predicted molar refractivity (Wildman–Crippen MR) is 59.7 cm³/mol. The van der Waals surface area contributed by atoms with Crippen LogP contribution in [0.25, 0.3) is 0 Å². The van der Waals surface area contributed by atoms with Gasteiger partial charge < -0.3 is 9.64 Å². The Morgan fingerprint density at radius 1 is 1.20 bits per heavy atom. The second kappa shape index (κ2) is 6.71. The molecule has 1 saturated heterocycles. The van der Waals surface area contributed by atoms with Gasteiger partial charge in [0.1, 0.15) is 5.94 Å². The van der Waals surface area contributed by atoms with Gasteiger partial charge in [-0.15, -0.1) is 0 Å². The van der Waals surface area contributed by atoms with E-state index < -0.39 is 0 Å². The topological polar surface area (TPSA) is 46.6 Å². The standard InChI is InChI=1S/C10H17NO3S/c1-9(12)15-8-14-10(13)11-6-4-2-3-5-7-11/h2-8H2,1H3. The number of likely N-dealkylation sites (tertiary alicyclic amines) is 1. The van der Waals surface area contributed by atoms with Crippen LogP contribution in [0.2, 0.25) is 0 Å². The molecule has 0 radical (unpaired) electrons. The molecule has 15 heavy (non-hydrogen) atoms. The molecule has 0 bridgehead atoms. The summed E-state index contributed by atoms with van der Waals surface area (Å²) < 4.78 is 4.98. The maximum Gasteiger partial charge on any atom is 0.410 e. The number of ether oxygens (including phenoxy) is 1. The van der Waals surface area contributed by atoms with E-state index in [1.807, 2.05) is 0 Å². The molecule has 0 aromatic heterocycles. The largest absolute Gasteiger partial charge is 0.438 e. The molecule has 1 aliphatic rings. The van der Waals surface area contributed by atoms with E-state index >= 15 is 0 Å². The molecule has 0 saturated carbocycles. The highest BCUT2D eigenvalue weighted by Crippen LogP contribution is 2.11. The molecule has 0 N–H and O–H groups in total. The predicted octanol–water partition coefficient (Wildman–Crippen LogP) is 2.24. The van der Waals surface area contributed by atoms with E-state index in [4.69, 9.17) is 4.74 Å². The minimum Gasteiger partial charge on any atom is -0.438 e. The number of thioether (sulfide) groups is 1. The normalized spacial score (nSPS) is 17.0. The first-order chi connectivity index (χ1) is 7.20. The number of amides is 1. The minimum absolute atomic E-state index is 0.0290. The van der Waals surface area contributed by atoms with E-state index in [2.05, 4.69) is 0 Å². The van der Waals surface area contributed by atoms with Crippen molar-refractivity contribution < 1.29 is 14.3 Å². The Balaban J connectivity index is 2.22. The number of rotatable bonds is 2. The van der Waals surface area contributed by atoms with Gasteiger partial charge in [0.2, 0.25) is 0 Å².